The van der Waals surface area contributed by atoms with Gasteiger partial charge in [0.1, 0.15) is 5.75 Å². The minimum Gasteiger partial charge on any atom is -0.482 e. The normalized spacial score (nSPS) is 14.4. The van der Waals surface area contributed by atoms with E-state index in [-0.39, 0.29) is 29.6 Å². The van der Waals surface area contributed by atoms with Crippen molar-refractivity contribution in [3.8, 4) is 5.75 Å². The summed E-state index contributed by atoms with van der Waals surface area (Å²) in [6.07, 6.45) is -0.235. The van der Waals surface area contributed by atoms with E-state index in [1.807, 2.05) is 6.92 Å². The number of halogens is 1. The minimum atomic E-state index is -3.81. The molecular formula is C20H21ClN2O5S. The van der Waals surface area contributed by atoms with E-state index in [1.165, 1.54) is 13.0 Å². The monoisotopic (exact) mass is 436 g/mol. The summed E-state index contributed by atoms with van der Waals surface area (Å²) < 4.78 is 31.4. The average molecular weight is 437 g/mol. The number of carbonyl (C=O) groups is 2. The third-order valence-electron chi connectivity index (χ3n) is 4.62. The number of rotatable bonds is 5. The highest BCUT2D eigenvalue weighted by molar-refractivity contribution is 7.92. The number of benzene rings is 2. The Bertz CT molecular complexity index is 1100. The van der Waals surface area contributed by atoms with Gasteiger partial charge in [0.15, 0.2) is 16.4 Å². The van der Waals surface area contributed by atoms with Gasteiger partial charge in [0.05, 0.1) is 26.5 Å². The van der Waals surface area contributed by atoms with E-state index in [9.17, 15) is 18.0 Å². The van der Waals surface area contributed by atoms with Crippen molar-refractivity contribution in [1.82, 2.24) is 0 Å². The molecule has 7 nitrogen and oxygen atoms in total. The number of carbonyl (C=O) groups excluding carboxylic acids is 2. The summed E-state index contributed by atoms with van der Waals surface area (Å²) in [4.78, 5) is 23.9. The van der Waals surface area contributed by atoms with Crippen molar-refractivity contribution in [3.05, 3.63) is 46.5 Å². The zero-order valence-electron chi connectivity index (χ0n) is 16.2. The third-order valence-corrected chi connectivity index (χ3v) is 7.21. The first-order valence-corrected chi connectivity index (χ1v) is 10.9. The average Bonchev–Trinajstić information content (AvgIpc) is 2.63. The SMILES string of the molecule is Cc1ccc(NC(=O)C[C@@H](C)S(=O)(=O)c2cc3c(cc2C)NC(=O)CO3)c(Cl)c1. The van der Waals surface area contributed by atoms with Gasteiger partial charge in [-0.1, -0.05) is 17.7 Å². The summed E-state index contributed by atoms with van der Waals surface area (Å²) in [6, 6.07) is 8.14. The van der Waals surface area contributed by atoms with Crippen LogP contribution in [0.3, 0.4) is 0 Å². The molecule has 2 amide bonds. The molecule has 2 N–H and O–H groups in total. The van der Waals surface area contributed by atoms with E-state index in [4.69, 9.17) is 16.3 Å². The molecule has 1 heterocycles. The maximum absolute atomic E-state index is 13.1. The van der Waals surface area contributed by atoms with Gasteiger partial charge >= 0.3 is 0 Å². The van der Waals surface area contributed by atoms with Gasteiger partial charge in [0.25, 0.3) is 5.91 Å². The van der Waals surface area contributed by atoms with Crippen molar-refractivity contribution in [1.29, 1.82) is 0 Å². The standard InChI is InChI=1S/C20H21ClN2O5S/c1-11-4-5-15(14(21)6-11)22-19(24)8-13(3)29(26,27)18-9-17-16(7-12(18)2)23-20(25)10-28-17/h4-7,9,13H,8,10H2,1-3H3,(H,22,24)(H,23,25)/t13-/m1/s1. The van der Waals surface area contributed by atoms with Crippen molar-refractivity contribution in [2.24, 2.45) is 0 Å². The number of anilines is 2. The molecule has 3 rings (SSSR count). The summed E-state index contributed by atoms with van der Waals surface area (Å²) in [6.45, 7) is 4.81. The largest absolute Gasteiger partial charge is 0.482 e. The first-order valence-electron chi connectivity index (χ1n) is 8.95. The minimum absolute atomic E-state index is 0.0704. The predicted octanol–water partition coefficient (Wildman–Crippen LogP) is 3.48. The van der Waals surface area contributed by atoms with Gasteiger partial charge < -0.3 is 15.4 Å². The zero-order chi connectivity index (χ0) is 21.3. The number of nitrogens with one attached hydrogen (secondary N) is 2. The van der Waals surface area contributed by atoms with E-state index in [0.717, 1.165) is 5.56 Å². The van der Waals surface area contributed by atoms with Crippen LogP contribution >= 0.6 is 11.6 Å². The van der Waals surface area contributed by atoms with Gasteiger partial charge in [-0.3, -0.25) is 9.59 Å². The van der Waals surface area contributed by atoms with E-state index < -0.39 is 21.0 Å². The molecule has 2 aromatic carbocycles. The van der Waals surface area contributed by atoms with E-state index in [1.54, 1.807) is 31.2 Å². The first kappa shape index (κ1) is 21.1. The number of amides is 2. The van der Waals surface area contributed by atoms with Gasteiger partial charge in [0, 0.05) is 12.5 Å². The number of hydrogen-bond acceptors (Lipinski definition) is 5. The van der Waals surface area contributed by atoms with E-state index in [0.29, 0.717) is 22.0 Å². The number of fused-ring (bicyclic) bond motifs is 1. The molecule has 0 saturated heterocycles. The van der Waals surface area contributed by atoms with Gasteiger partial charge in [-0.05, 0) is 50.1 Å². The van der Waals surface area contributed by atoms with Gasteiger partial charge in [-0.15, -0.1) is 0 Å². The lowest BCUT2D eigenvalue weighted by molar-refractivity contribution is -0.118. The van der Waals surface area contributed by atoms with Crippen molar-refractivity contribution < 1.29 is 22.7 Å². The fourth-order valence-corrected chi connectivity index (χ4v) is 4.90. The van der Waals surface area contributed by atoms with Crippen molar-refractivity contribution >= 4 is 44.6 Å². The van der Waals surface area contributed by atoms with Crippen LogP contribution < -0.4 is 15.4 Å². The lowest BCUT2D eigenvalue weighted by Gasteiger charge is -2.21. The molecule has 9 heteroatoms. The van der Waals surface area contributed by atoms with E-state index in [2.05, 4.69) is 10.6 Å². The number of ether oxygens (including phenoxy) is 1. The van der Waals surface area contributed by atoms with Crippen molar-refractivity contribution in [2.45, 2.75) is 37.3 Å². The summed E-state index contributed by atoms with van der Waals surface area (Å²) in [7, 11) is -3.81. The second-order valence-electron chi connectivity index (χ2n) is 7.04. The van der Waals surface area contributed by atoms with Crippen LogP contribution in [0.25, 0.3) is 0 Å². The van der Waals surface area contributed by atoms with Crippen LogP contribution in [-0.2, 0) is 19.4 Å². The molecule has 0 unspecified atom stereocenters. The molecule has 0 fully saturated rings. The smallest absolute Gasteiger partial charge is 0.262 e. The molecule has 1 aliphatic rings. The maximum atomic E-state index is 13.1. The van der Waals surface area contributed by atoms with Crippen LogP contribution in [0.4, 0.5) is 11.4 Å². The van der Waals surface area contributed by atoms with Gasteiger partial charge in [0.2, 0.25) is 5.91 Å². The highest BCUT2D eigenvalue weighted by Gasteiger charge is 2.29. The second-order valence-corrected chi connectivity index (χ2v) is 9.78. The van der Waals surface area contributed by atoms with Gasteiger partial charge in [-0.25, -0.2) is 8.42 Å². The number of aryl methyl sites for hydroxylation is 2. The molecule has 0 spiro atoms. The van der Waals surface area contributed by atoms with Crippen molar-refractivity contribution in [3.63, 3.8) is 0 Å². The Morgan fingerprint density at radius 3 is 2.69 bits per heavy atom. The van der Waals surface area contributed by atoms with Gasteiger partial charge in [-0.2, -0.15) is 0 Å². The highest BCUT2D eigenvalue weighted by atomic mass is 35.5. The Hall–Kier alpha value is -2.58. The lowest BCUT2D eigenvalue weighted by Crippen LogP contribution is -2.27. The highest BCUT2D eigenvalue weighted by Crippen LogP contribution is 2.34. The molecule has 1 atom stereocenters. The van der Waals surface area contributed by atoms with Crippen LogP contribution in [0.1, 0.15) is 24.5 Å². The predicted molar refractivity (Wildman–Crippen MR) is 111 cm³/mol. The Kier molecular flexibility index (Phi) is 5.86. The van der Waals surface area contributed by atoms with E-state index >= 15 is 0 Å². The quantitative estimate of drug-likeness (QED) is 0.747. The summed E-state index contributed by atoms with van der Waals surface area (Å²) >= 11 is 6.12. The molecule has 0 saturated carbocycles. The Morgan fingerprint density at radius 1 is 1.28 bits per heavy atom. The summed E-state index contributed by atoms with van der Waals surface area (Å²) in [5.41, 5.74) is 2.27. The second kappa shape index (κ2) is 8.04. The molecule has 0 aromatic heterocycles. The Labute approximate surface area is 174 Å². The number of hydrogen-bond donors (Lipinski definition) is 2. The molecule has 29 heavy (non-hydrogen) atoms. The maximum Gasteiger partial charge on any atom is 0.262 e. The first-order chi connectivity index (χ1) is 13.6. The molecule has 154 valence electrons. The Balaban J connectivity index is 1.78. The number of sulfone groups is 1. The molecule has 0 radical (unpaired) electrons. The van der Waals surface area contributed by atoms with Crippen LogP contribution in [0.5, 0.6) is 5.75 Å². The van der Waals surface area contributed by atoms with Crippen LogP contribution in [-0.4, -0.2) is 32.1 Å². The zero-order valence-corrected chi connectivity index (χ0v) is 17.8. The molecule has 1 aliphatic heterocycles. The van der Waals surface area contributed by atoms with Crippen LogP contribution in [0, 0.1) is 13.8 Å². The lowest BCUT2D eigenvalue weighted by atomic mass is 10.2. The molecule has 0 bridgehead atoms. The molecular weight excluding hydrogens is 416 g/mol. The Morgan fingerprint density at radius 2 is 2.00 bits per heavy atom. The fourth-order valence-electron chi connectivity index (χ4n) is 3.03. The third kappa shape index (κ3) is 4.54. The fraction of sp³-hybridized carbons (Fsp3) is 0.300. The van der Waals surface area contributed by atoms with Crippen LogP contribution in [0.2, 0.25) is 5.02 Å². The summed E-state index contributed by atoms with van der Waals surface area (Å²) in [5.74, 6) is -0.463. The molecule has 2 aromatic rings. The molecule has 0 aliphatic carbocycles. The summed E-state index contributed by atoms with van der Waals surface area (Å²) in [5, 5.41) is 4.71. The topological polar surface area (TPSA) is 102 Å². The van der Waals surface area contributed by atoms with Crippen LogP contribution in [0.15, 0.2) is 35.2 Å². The van der Waals surface area contributed by atoms with Crippen molar-refractivity contribution in [2.75, 3.05) is 17.2 Å².